The highest BCUT2D eigenvalue weighted by molar-refractivity contribution is 5.72. The Morgan fingerprint density at radius 3 is 2.53 bits per heavy atom. The Labute approximate surface area is 104 Å². The highest BCUT2D eigenvalue weighted by Gasteiger charge is 2.32. The average molecular weight is 243 g/mol. The monoisotopic (exact) mass is 243 g/mol. The van der Waals surface area contributed by atoms with Crippen LogP contribution in [0.2, 0.25) is 0 Å². The number of nitrogens with zero attached hydrogens (tertiary/aromatic N) is 1. The Hall–Kier alpha value is -0.610. The smallest absolute Gasteiger partial charge is 0.309 e. The Kier molecular flexibility index (Phi) is 5.40. The Bertz CT molecular complexity index is 257. The summed E-state index contributed by atoms with van der Waals surface area (Å²) < 4.78 is 10.3. The van der Waals surface area contributed by atoms with Gasteiger partial charge in [-0.1, -0.05) is 13.8 Å². The van der Waals surface area contributed by atoms with Gasteiger partial charge in [0.15, 0.2) is 0 Å². The molecule has 0 amide bonds. The van der Waals surface area contributed by atoms with Crippen molar-refractivity contribution in [2.24, 2.45) is 11.8 Å². The van der Waals surface area contributed by atoms with Crippen LogP contribution in [0, 0.1) is 11.8 Å². The summed E-state index contributed by atoms with van der Waals surface area (Å²) in [5, 5.41) is 0. The number of esters is 1. The number of carbonyl (C=O) groups is 1. The minimum Gasteiger partial charge on any atom is -0.469 e. The number of carbonyl (C=O) groups excluding carboxylic acids is 1. The molecule has 1 aliphatic rings. The minimum absolute atomic E-state index is 0.0917. The van der Waals surface area contributed by atoms with E-state index in [1.807, 2.05) is 6.92 Å². The summed E-state index contributed by atoms with van der Waals surface area (Å²) in [6.45, 7) is 8.17. The molecule has 1 saturated heterocycles. The SMILES string of the molecule is COC(=O)C(C)C(C)N1CCC(C)C(OC)C1. The highest BCUT2D eigenvalue weighted by atomic mass is 16.5. The molecule has 4 atom stereocenters. The van der Waals surface area contributed by atoms with Crippen LogP contribution >= 0.6 is 0 Å². The number of likely N-dealkylation sites (tertiary alicyclic amines) is 1. The third kappa shape index (κ3) is 3.42. The third-order valence-corrected chi connectivity index (χ3v) is 4.10. The van der Waals surface area contributed by atoms with Gasteiger partial charge in [-0.3, -0.25) is 9.69 Å². The second kappa shape index (κ2) is 6.36. The molecule has 4 heteroatoms. The molecule has 0 N–H and O–H groups in total. The molecule has 0 bridgehead atoms. The van der Waals surface area contributed by atoms with E-state index in [2.05, 4.69) is 18.7 Å². The van der Waals surface area contributed by atoms with Crippen LogP contribution in [-0.4, -0.2) is 50.3 Å². The van der Waals surface area contributed by atoms with E-state index >= 15 is 0 Å². The van der Waals surface area contributed by atoms with Crippen LogP contribution in [0.3, 0.4) is 0 Å². The maximum absolute atomic E-state index is 11.5. The normalized spacial score (nSPS) is 29.7. The predicted octanol–water partition coefficient (Wildman–Crippen LogP) is 1.54. The van der Waals surface area contributed by atoms with Crippen LogP contribution in [0.1, 0.15) is 27.2 Å². The summed E-state index contributed by atoms with van der Waals surface area (Å²) in [4.78, 5) is 13.9. The van der Waals surface area contributed by atoms with Crippen molar-refractivity contribution in [1.82, 2.24) is 4.90 Å². The van der Waals surface area contributed by atoms with Crippen molar-refractivity contribution in [2.45, 2.75) is 39.3 Å². The summed E-state index contributed by atoms with van der Waals surface area (Å²) in [6, 6.07) is 0.201. The van der Waals surface area contributed by atoms with Gasteiger partial charge in [-0.15, -0.1) is 0 Å². The van der Waals surface area contributed by atoms with E-state index in [4.69, 9.17) is 9.47 Å². The van der Waals surface area contributed by atoms with Crippen molar-refractivity contribution < 1.29 is 14.3 Å². The molecular formula is C13H25NO3. The van der Waals surface area contributed by atoms with E-state index in [1.54, 1.807) is 7.11 Å². The first-order chi connectivity index (χ1) is 8.01. The first-order valence-electron chi connectivity index (χ1n) is 6.35. The third-order valence-electron chi connectivity index (χ3n) is 4.10. The van der Waals surface area contributed by atoms with Crippen LogP contribution < -0.4 is 0 Å². The van der Waals surface area contributed by atoms with Crippen LogP contribution in [0.5, 0.6) is 0 Å². The molecule has 4 unspecified atom stereocenters. The minimum atomic E-state index is -0.134. The predicted molar refractivity (Wildman–Crippen MR) is 66.8 cm³/mol. The van der Waals surface area contributed by atoms with Gasteiger partial charge in [0.1, 0.15) is 0 Å². The fourth-order valence-electron chi connectivity index (χ4n) is 2.43. The fourth-order valence-corrected chi connectivity index (χ4v) is 2.43. The standard InChI is InChI=1S/C13H25NO3/c1-9-6-7-14(8-12(9)16-4)11(3)10(2)13(15)17-5/h9-12H,6-8H2,1-5H3. The summed E-state index contributed by atoms with van der Waals surface area (Å²) >= 11 is 0. The van der Waals surface area contributed by atoms with E-state index < -0.39 is 0 Å². The van der Waals surface area contributed by atoms with Crippen LogP contribution in [0.4, 0.5) is 0 Å². The molecule has 1 aliphatic heterocycles. The first-order valence-corrected chi connectivity index (χ1v) is 6.35. The molecular weight excluding hydrogens is 218 g/mol. The zero-order valence-corrected chi connectivity index (χ0v) is 11.6. The molecule has 1 fully saturated rings. The molecule has 0 aromatic carbocycles. The molecule has 0 aliphatic carbocycles. The molecule has 0 aromatic heterocycles. The zero-order valence-electron chi connectivity index (χ0n) is 11.6. The largest absolute Gasteiger partial charge is 0.469 e. The molecule has 1 heterocycles. The lowest BCUT2D eigenvalue weighted by Crippen LogP contribution is -2.50. The van der Waals surface area contributed by atoms with Crippen LogP contribution in [-0.2, 0) is 14.3 Å². The van der Waals surface area contributed by atoms with Gasteiger partial charge in [-0.25, -0.2) is 0 Å². The molecule has 0 spiro atoms. The Morgan fingerprint density at radius 1 is 1.35 bits per heavy atom. The quantitative estimate of drug-likeness (QED) is 0.702. The van der Waals surface area contributed by atoms with Crippen molar-refractivity contribution in [3.05, 3.63) is 0 Å². The van der Waals surface area contributed by atoms with Crippen molar-refractivity contribution in [3.63, 3.8) is 0 Å². The summed E-state index contributed by atoms with van der Waals surface area (Å²) in [5.41, 5.74) is 0. The van der Waals surface area contributed by atoms with Gasteiger partial charge in [-0.05, 0) is 25.8 Å². The van der Waals surface area contributed by atoms with Gasteiger partial charge < -0.3 is 9.47 Å². The lowest BCUT2D eigenvalue weighted by molar-refractivity contribution is -0.147. The molecule has 100 valence electrons. The van der Waals surface area contributed by atoms with Crippen molar-refractivity contribution in [3.8, 4) is 0 Å². The Morgan fingerprint density at radius 2 is 2.00 bits per heavy atom. The highest BCUT2D eigenvalue weighted by Crippen LogP contribution is 2.23. The molecule has 1 rings (SSSR count). The van der Waals surface area contributed by atoms with Gasteiger partial charge in [0.05, 0.1) is 19.1 Å². The van der Waals surface area contributed by atoms with Gasteiger partial charge in [0.2, 0.25) is 0 Å². The molecule has 0 aromatic rings. The zero-order chi connectivity index (χ0) is 13.0. The van der Waals surface area contributed by atoms with E-state index in [1.165, 1.54) is 7.11 Å². The summed E-state index contributed by atoms with van der Waals surface area (Å²) in [6.07, 6.45) is 1.40. The van der Waals surface area contributed by atoms with Crippen LogP contribution in [0.15, 0.2) is 0 Å². The van der Waals surface area contributed by atoms with Crippen molar-refractivity contribution in [2.75, 3.05) is 27.3 Å². The average Bonchev–Trinajstić information content (AvgIpc) is 2.36. The molecule has 0 saturated carbocycles. The molecule has 0 radical (unpaired) electrons. The van der Waals surface area contributed by atoms with Crippen molar-refractivity contribution in [1.29, 1.82) is 0 Å². The van der Waals surface area contributed by atoms with Crippen LogP contribution in [0.25, 0.3) is 0 Å². The first kappa shape index (κ1) is 14.5. The summed E-state index contributed by atoms with van der Waals surface area (Å²) in [7, 11) is 3.21. The van der Waals surface area contributed by atoms with Gasteiger partial charge in [0, 0.05) is 19.7 Å². The fraction of sp³-hybridized carbons (Fsp3) is 0.923. The second-order valence-corrected chi connectivity index (χ2v) is 5.09. The van der Waals surface area contributed by atoms with Gasteiger partial charge in [-0.2, -0.15) is 0 Å². The lowest BCUT2D eigenvalue weighted by atomic mass is 9.92. The number of hydrogen-bond donors (Lipinski definition) is 0. The van der Waals surface area contributed by atoms with E-state index in [0.29, 0.717) is 5.92 Å². The van der Waals surface area contributed by atoms with E-state index in [0.717, 1.165) is 19.5 Å². The maximum atomic E-state index is 11.5. The van der Waals surface area contributed by atoms with Gasteiger partial charge >= 0.3 is 5.97 Å². The number of ether oxygens (including phenoxy) is 2. The second-order valence-electron chi connectivity index (χ2n) is 5.09. The Balaban J connectivity index is 2.58. The number of piperidine rings is 1. The van der Waals surface area contributed by atoms with E-state index in [9.17, 15) is 4.79 Å². The van der Waals surface area contributed by atoms with Crippen molar-refractivity contribution >= 4 is 5.97 Å². The molecule has 17 heavy (non-hydrogen) atoms. The number of methoxy groups -OCH3 is 2. The van der Waals surface area contributed by atoms with E-state index in [-0.39, 0.29) is 24.0 Å². The van der Waals surface area contributed by atoms with Gasteiger partial charge in [0.25, 0.3) is 0 Å². The number of hydrogen-bond acceptors (Lipinski definition) is 4. The summed E-state index contributed by atoms with van der Waals surface area (Å²) in [5.74, 6) is 0.368. The lowest BCUT2D eigenvalue weighted by Gasteiger charge is -2.40. The number of rotatable bonds is 4. The molecule has 4 nitrogen and oxygen atoms in total. The topological polar surface area (TPSA) is 38.8 Å². The maximum Gasteiger partial charge on any atom is 0.309 e.